The first-order valence-electron chi connectivity index (χ1n) is 10.2. The van der Waals surface area contributed by atoms with E-state index in [1.807, 2.05) is 25.1 Å². The lowest BCUT2D eigenvalue weighted by molar-refractivity contribution is 0.115. The summed E-state index contributed by atoms with van der Waals surface area (Å²) >= 11 is 0. The maximum atomic E-state index is 13.3. The largest absolute Gasteiger partial charge is 0.497 e. The molecule has 7 heteroatoms. The van der Waals surface area contributed by atoms with E-state index in [4.69, 9.17) is 9.47 Å². The van der Waals surface area contributed by atoms with E-state index in [9.17, 15) is 8.42 Å². The summed E-state index contributed by atoms with van der Waals surface area (Å²) in [5, 5.41) is 0. The van der Waals surface area contributed by atoms with Gasteiger partial charge in [0.15, 0.2) is 0 Å². The summed E-state index contributed by atoms with van der Waals surface area (Å²) in [6, 6.07) is 15.0. The molecule has 1 saturated heterocycles. The van der Waals surface area contributed by atoms with Crippen molar-refractivity contribution in [3.63, 3.8) is 0 Å². The second-order valence-electron chi connectivity index (χ2n) is 7.58. The lowest BCUT2D eigenvalue weighted by Gasteiger charge is -2.30. The molecule has 0 amide bonds. The number of benzene rings is 2. The molecule has 2 aromatic carbocycles. The van der Waals surface area contributed by atoms with Crippen LogP contribution in [0.25, 0.3) is 0 Å². The number of ether oxygens (including phenoxy) is 2. The second-order valence-corrected chi connectivity index (χ2v) is 9.44. The van der Waals surface area contributed by atoms with Gasteiger partial charge in [-0.05, 0) is 42.7 Å². The lowest BCUT2D eigenvalue weighted by Crippen LogP contribution is -2.46. The van der Waals surface area contributed by atoms with E-state index >= 15 is 0 Å². The molecular formula is C22H28N2O4S. The van der Waals surface area contributed by atoms with E-state index in [0.29, 0.717) is 12.3 Å². The molecule has 0 aromatic heterocycles. The van der Waals surface area contributed by atoms with Crippen LogP contribution in [0.4, 0.5) is 0 Å². The number of para-hydroxylation sites is 1. The number of rotatable bonds is 4. The highest BCUT2D eigenvalue weighted by Gasteiger charge is 2.42. The van der Waals surface area contributed by atoms with E-state index in [2.05, 4.69) is 17.0 Å². The Morgan fingerprint density at radius 1 is 1.07 bits per heavy atom. The zero-order valence-electron chi connectivity index (χ0n) is 17.0. The van der Waals surface area contributed by atoms with Crippen molar-refractivity contribution < 1.29 is 17.9 Å². The van der Waals surface area contributed by atoms with E-state index in [1.165, 1.54) is 5.56 Å². The average Bonchev–Trinajstić information content (AvgIpc) is 2.96. The first-order chi connectivity index (χ1) is 14.0. The Kier molecular flexibility index (Phi) is 5.81. The molecule has 1 fully saturated rings. The fraction of sp³-hybridized carbons (Fsp3) is 0.455. The topological polar surface area (TPSA) is 59.1 Å². The van der Waals surface area contributed by atoms with Gasteiger partial charge in [-0.1, -0.05) is 31.2 Å². The smallest absolute Gasteiger partial charge is 0.247 e. The molecule has 0 unspecified atom stereocenters. The molecule has 0 radical (unpaired) electrons. The molecule has 0 aliphatic carbocycles. The fourth-order valence-corrected chi connectivity index (χ4v) is 6.17. The van der Waals surface area contributed by atoms with Crippen molar-refractivity contribution in [2.75, 3.05) is 26.7 Å². The Labute approximate surface area is 173 Å². The average molecular weight is 417 g/mol. The van der Waals surface area contributed by atoms with Gasteiger partial charge in [0.25, 0.3) is 0 Å². The lowest BCUT2D eigenvalue weighted by atomic mass is 10.1. The molecule has 156 valence electrons. The third kappa shape index (κ3) is 3.99. The van der Waals surface area contributed by atoms with Gasteiger partial charge in [-0.25, -0.2) is 8.42 Å². The van der Waals surface area contributed by atoms with Crippen LogP contribution in [0.15, 0.2) is 53.4 Å². The molecule has 29 heavy (non-hydrogen) atoms. The predicted octanol–water partition coefficient (Wildman–Crippen LogP) is 3.13. The van der Waals surface area contributed by atoms with Crippen LogP contribution in [0, 0.1) is 0 Å². The molecule has 2 heterocycles. The van der Waals surface area contributed by atoms with Gasteiger partial charge in [0.05, 0.1) is 13.2 Å². The van der Waals surface area contributed by atoms with E-state index in [-0.39, 0.29) is 17.0 Å². The molecule has 2 aliphatic rings. The Morgan fingerprint density at radius 3 is 2.52 bits per heavy atom. The van der Waals surface area contributed by atoms with Gasteiger partial charge >= 0.3 is 0 Å². The first-order valence-corrected chi connectivity index (χ1v) is 11.6. The Hall–Kier alpha value is -2.09. The third-order valence-corrected chi connectivity index (χ3v) is 7.90. The normalized spacial score (nSPS) is 24.5. The van der Waals surface area contributed by atoms with Crippen molar-refractivity contribution in [2.45, 2.75) is 43.4 Å². The number of hydrogen-bond donors (Lipinski definition) is 0. The highest BCUT2D eigenvalue weighted by Crippen LogP contribution is 2.36. The monoisotopic (exact) mass is 416 g/mol. The molecular weight excluding hydrogens is 388 g/mol. The third-order valence-electron chi connectivity index (χ3n) is 5.86. The van der Waals surface area contributed by atoms with Gasteiger partial charge in [0.2, 0.25) is 10.0 Å². The van der Waals surface area contributed by atoms with E-state index < -0.39 is 10.0 Å². The number of fused-ring (bicyclic) bond motifs is 2. The maximum Gasteiger partial charge on any atom is 0.247 e. The van der Waals surface area contributed by atoms with Crippen LogP contribution < -0.4 is 9.47 Å². The molecule has 4 rings (SSSR count). The van der Waals surface area contributed by atoms with Crippen molar-refractivity contribution in [3.8, 4) is 11.5 Å². The van der Waals surface area contributed by atoms with Crippen molar-refractivity contribution in [1.82, 2.24) is 9.21 Å². The van der Waals surface area contributed by atoms with Crippen molar-refractivity contribution in [3.05, 3.63) is 54.1 Å². The fourth-order valence-electron chi connectivity index (χ4n) is 4.36. The minimum atomic E-state index is -3.56. The number of methoxy groups -OCH3 is 1. The standard InChI is InChI=1S/C22H28N2O4S/c1-3-24-19-12-14-23(16-17-8-10-18(27-2)11-9-17)15-13-20(19)28-21-6-4-5-7-22(21)29(24,25)26/h4-11,19-20H,3,12-16H2,1-2H3/t19-,20-/m1/s1. The summed E-state index contributed by atoms with van der Waals surface area (Å²) in [4.78, 5) is 2.66. The summed E-state index contributed by atoms with van der Waals surface area (Å²) < 4.78 is 39.7. The molecule has 0 spiro atoms. The van der Waals surface area contributed by atoms with Gasteiger partial charge in [-0.15, -0.1) is 0 Å². The van der Waals surface area contributed by atoms with Crippen LogP contribution >= 0.6 is 0 Å². The molecule has 0 saturated carbocycles. The van der Waals surface area contributed by atoms with Crippen LogP contribution in [-0.4, -0.2) is 56.5 Å². The van der Waals surface area contributed by atoms with Gasteiger partial charge in [0.1, 0.15) is 22.5 Å². The number of hydrogen-bond acceptors (Lipinski definition) is 5. The Bertz CT molecular complexity index is 946. The van der Waals surface area contributed by atoms with Gasteiger partial charge in [-0.2, -0.15) is 4.31 Å². The zero-order chi connectivity index (χ0) is 20.4. The highest BCUT2D eigenvalue weighted by molar-refractivity contribution is 7.89. The molecule has 0 N–H and O–H groups in total. The highest BCUT2D eigenvalue weighted by atomic mass is 32.2. The molecule has 2 atom stereocenters. The Balaban J connectivity index is 1.56. The minimum Gasteiger partial charge on any atom is -0.497 e. The van der Waals surface area contributed by atoms with E-state index in [1.54, 1.807) is 29.6 Å². The SMILES string of the molecule is CCN1[C@@H]2CCN(Cc3ccc(OC)cc3)CC[C@H]2Oc2ccccc2S1(=O)=O. The van der Waals surface area contributed by atoms with Crippen molar-refractivity contribution >= 4 is 10.0 Å². The quantitative estimate of drug-likeness (QED) is 0.766. The molecule has 2 aliphatic heterocycles. The number of sulfonamides is 1. The summed E-state index contributed by atoms with van der Waals surface area (Å²) in [6.07, 6.45) is 1.40. The number of likely N-dealkylation sites (tertiary alicyclic amines) is 1. The summed E-state index contributed by atoms with van der Waals surface area (Å²) in [5.41, 5.74) is 1.22. The van der Waals surface area contributed by atoms with Gasteiger partial charge < -0.3 is 9.47 Å². The molecule has 6 nitrogen and oxygen atoms in total. The van der Waals surface area contributed by atoms with Crippen LogP contribution in [0.2, 0.25) is 0 Å². The van der Waals surface area contributed by atoms with Crippen LogP contribution in [0.1, 0.15) is 25.3 Å². The minimum absolute atomic E-state index is 0.144. The van der Waals surface area contributed by atoms with Crippen molar-refractivity contribution in [1.29, 1.82) is 0 Å². The summed E-state index contributed by atoms with van der Waals surface area (Å²) in [7, 11) is -1.90. The number of nitrogens with zero attached hydrogens (tertiary/aromatic N) is 2. The summed E-state index contributed by atoms with van der Waals surface area (Å²) in [5.74, 6) is 1.32. The van der Waals surface area contributed by atoms with Gasteiger partial charge in [-0.3, -0.25) is 4.90 Å². The second kappa shape index (κ2) is 8.34. The Morgan fingerprint density at radius 2 is 1.79 bits per heavy atom. The van der Waals surface area contributed by atoms with Gasteiger partial charge in [0, 0.05) is 26.2 Å². The van der Waals surface area contributed by atoms with Crippen molar-refractivity contribution in [2.24, 2.45) is 0 Å². The van der Waals surface area contributed by atoms with E-state index in [0.717, 1.165) is 38.2 Å². The zero-order valence-corrected chi connectivity index (χ0v) is 17.8. The maximum absolute atomic E-state index is 13.3. The van der Waals surface area contributed by atoms with Crippen LogP contribution in [0.3, 0.4) is 0 Å². The first kappa shape index (κ1) is 20.2. The van der Waals surface area contributed by atoms with Crippen LogP contribution in [-0.2, 0) is 16.6 Å². The van der Waals surface area contributed by atoms with Crippen LogP contribution in [0.5, 0.6) is 11.5 Å². The molecule has 0 bridgehead atoms. The molecule has 2 aromatic rings. The predicted molar refractivity (Wildman–Crippen MR) is 112 cm³/mol. The number of likely N-dealkylation sites (N-methyl/N-ethyl adjacent to an activating group) is 1. The summed E-state index contributed by atoms with van der Waals surface area (Å²) in [6.45, 7) is 4.88.